The summed E-state index contributed by atoms with van der Waals surface area (Å²) < 4.78 is 6.33. The van der Waals surface area contributed by atoms with E-state index in [1.807, 2.05) is 0 Å². The largest absolute Gasteiger partial charge is 0.494 e. The van der Waals surface area contributed by atoms with Crippen LogP contribution < -0.4 is 10.1 Å². The number of rotatable bonds is 7. The Balaban J connectivity index is 1.22. The first-order chi connectivity index (χ1) is 17.1. The van der Waals surface area contributed by atoms with Gasteiger partial charge in [0, 0.05) is 31.3 Å². The molecule has 4 nitrogen and oxygen atoms in total. The van der Waals surface area contributed by atoms with E-state index < -0.39 is 0 Å². The van der Waals surface area contributed by atoms with Crippen LogP contribution in [-0.2, 0) is 11.3 Å². The molecular formula is C32H49NO3. The van der Waals surface area contributed by atoms with Crippen molar-refractivity contribution in [1.82, 2.24) is 5.32 Å². The molecule has 0 heterocycles. The fraction of sp³-hybridized carbons (Fsp3) is 0.781. The molecule has 5 rings (SSSR count). The molecule has 4 aliphatic rings. The second-order valence-corrected chi connectivity index (χ2v) is 14.2. The molecule has 0 bridgehead atoms. The van der Waals surface area contributed by atoms with E-state index in [2.05, 4.69) is 57.3 Å². The van der Waals surface area contributed by atoms with E-state index in [-0.39, 0.29) is 16.9 Å². The van der Waals surface area contributed by atoms with Gasteiger partial charge in [-0.1, -0.05) is 39.8 Å². The summed E-state index contributed by atoms with van der Waals surface area (Å²) in [5, 5.41) is 14.8. The Morgan fingerprint density at radius 1 is 1.08 bits per heavy atom. The van der Waals surface area contributed by atoms with Crippen LogP contribution in [0.1, 0.15) is 97.5 Å². The van der Waals surface area contributed by atoms with E-state index >= 15 is 0 Å². The Bertz CT molecular complexity index is 938. The molecule has 1 aromatic carbocycles. The minimum atomic E-state index is -0.196. The summed E-state index contributed by atoms with van der Waals surface area (Å²) in [7, 11) is 0. The maximum absolute atomic E-state index is 12.2. The third-order valence-corrected chi connectivity index (χ3v) is 10.9. The Morgan fingerprint density at radius 2 is 1.92 bits per heavy atom. The van der Waals surface area contributed by atoms with Gasteiger partial charge in [0.25, 0.3) is 0 Å². The number of nitrogens with one attached hydrogen (secondary N) is 1. The predicted molar refractivity (Wildman–Crippen MR) is 145 cm³/mol. The molecule has 0 radical (unpaired) electrons. The molecule has 0 amide bonds. The number of aliphatic hydroxyl groups excluding tert-OH is 1. The highest BCUT2D eigenvalue weighted by atomic mass is 16.5. The molecule has 1 aromatic rings. The summed E-state index contributed by atoms with van der Waals surface area (Å²) in [6.07, 6.45) is 10.4. The zero-order valence-corrected chi connectivity index (χ0v) is 23.2. The van der Waals surface area contributed by atoms with Gasteiger partial charge in [0.05, 0.1) is 12.7 Å². The number of fused-ring (bicyclic) bond motifs is 5. The van der Waals surface area contributed by atoms with Crippen molar-refractivity contribution < 1.29 is 14.6 Å². The van der Waals surface area contributed by atoms with Crippen molar-refractivity contribution in [2.24, 2.45) is 39.9 Å². The summed E-state index contributed by atoms with van der Waals surface area (Å²) >= 11 is 0. The van der Waals surface area contributed by atoms with Gasteiger partial charge in [-0.05, 0) is 104 Å². The normalized spacial score (nSPS) is 38.2. The average molecular weight is 496 g/mol. The number of benzene rings is 1. The van der Waals surface area contributed by atoms with Gasteiger partial charge in [0.1, 0.15) is 11.5 Å². The lowest BCUT2D eigenvalue weighted by Gasteiger charge is -2.60. The van der Waals surface area contributed by atoms with Crippen LogP contribution in [0.25, 0.3) is 0 Å². The summed E-state index contributed by atoms with van der Waals surface area (Å²) in [5.41, 5.74) is 1.87. The fourth-order valence-corrected chi connectivity index (χ4v) is 8.99. The summed E-state index contributed by atoms with van der Waals surface area (Å²) in [6, 6.07) is 8.49. The zero-order chi connectivity index (χ0) is 25.6. The van der Waals surface area contributed by atoms with Gasteiger partial charge >= 0.3 is 0 Å². The van der Waals surface area contributed by atoms with Crippen molar-refractivity contribution in [1.29, 1.82) is 0 Å². The molecule has 4 saturated carbocycles. The summed E-state index contributed by atoms with van der Waals surface area (Å²) in [4.78, 5) is 12.2. The van der Waals surface area contributed by atoms with Gasteiger partial charge in [-0.2, -0.15) is 0 Å². The number of carbonyl (C=O) groups excluding carboxylic acids is 1. The van der Waals surface area contributed by atoms with E-state index in [1.165, 1.54) is 24.8 Å². The van der Waals surface area contributed by atoms with Crippen LogP contribution >= 0.6 is 0 Å². The number of carbonyl (C=O) groups is 1. The smallest absolute Gasteiger partial charge is 0.133 e. The maximum atomic E-state index is 12.2. The van der Waals surface area contributed by atoms with Crippen LogP contribution in [-0.4, -0.2) is 30.1 Å². The molecule has 4 fully saturated rings. The highest BCUT2D eigenvalue weighted by Gasteiger charge is 2.61. The third-order valence-electron chi connectivity index (χ3n) is 10.9. The number of hydrogen-bond donors (Lipinski definition) is 2. The molecule has 200 valence electrons. The van der Waals surface area contributed by atoms with Crippen LogP contribution in [0, 0.1) is 39.9 Å². The number of ether oxygens (including phenoxy) is 1. The molecule has 0 spiro atoms. The molecule has 4 unspecified atom stereocenters. The molecule has 4 heteroatoms. The molecule has 2 N–H and O–H groups in total. The SMILES string of the molecule is CC(C)(C)CNCc1cccc(OCC[C@]23CCC4C(CCC5CC(=O)CC[C@@]54C)C2CC[C@@H]3O)c1. The van der Waals surface area contributed by atoms with Gasteiger partial charge in [0.2, 0.25) is 0 Å². The Hall–Kier alpha value is -1.39. The van der Waals surface area contributed by atoms with Crippen LogP contribution in [0.2, 0.25) is 0 Å². The van der Waals surface area contributed by atoms with Gasteiger partial charge < -0.3 is 15.2 Å². The van der Waals surface area contributed by atoms with Crippen molar-refractivity contribution in [3.8, 4) is 5.75 Å². The van der Waals surface area contributed by atoms with Crippen molar-refractivity contribution in [2.75, 3.05) is 13.2 Å². The van der Waals surface area contributed by atoms with Crippen molar-refractivity contribution in [2.45, 2.75) is 105 Å². The highest BCUT2D eigenvalue weighted by molar-refractivity contribution is 5.79. The van der Waals surface area contributed by atoms with E-state index in [0.29, 0.717) is 35.6 Å². The minimum Gasteiger partial charge on any atom is -0.494 e. The lowest BCUT2D eigenvalue weighted by Crippen LogP contribution is -2.55. The van der Waals surface area contributed by atoms with Crippen LogP contribution in [0.4, 0.5) is 0 Å². The van der Waals surface area contributed by atoms with Crippen molar-refractivity contribution >= 4 is 5.78 Å². The van der Waals surface area contributed by atoms with Gasteiger partial charge in [-0.25, -0.2) is 0 Å². The third kappa shape index (κ3) is 5.01. The summed E-state index contributed by atoms with van der Waals surface area (Å²) in [6.45, 7) is 11.8. The lowest BCUT2D eigenvalue weighted by molar-refractivity contribution is -0.145. The van der Waals surface area contributed by atoms with Gasteiger partial charge in [-0.3, -0.25) is 4.79 Å². The van der Waals surface area contributed by atoms with Crippen molar-refractivity contribution in [3.05, 3.63) is 29.8 Å². The second-order valence-electron chi connectivity index (χ2n) is 14.2. The number of Topliss-reactive ketones (excluding diaryl/α,β-unsaturated/α-hetero) is 1. The molecule has 36 heavy (non-hydrogen) atoms. The lowest BCUT2D eigenvalue weighted by atomic mass is 9.44. The second kappa shape index (κ2) is 10.1. The highest BCUT2D eigenvalue weighted by Crippen LogP contribution is 2.66. The molecule has 0 aliphatic heterocycles. The molecule has 0 saturated heterocycles. The van der Waals surface area contributed by atoms with Crippen molar-refractivity contribution in [3.63, 3.8) is 0 Å². The molecule has 0 aromatic heterocycles. The Labute approximate surface area is 219 Å². The molecule has 7 atom stereocenters. The number of ketones is 1. The first-order valence-corrected chi connectivity index (χ1v) is 14.7. The molecule has 4 aliphatic carbocycles. The maximum Gasteiger partial charge on any atom is 0.133 e. The predicted octanol–water partition coefficient (Wildman–Crippen LogP) is 6.54. The van der Waals surface area contributed by atoms with Crippen LogP contribution in [0.15, 0.2) is 24.3 Å². The van der Waals surface area contributed by atoms with Gasteiger partial charge in [-0.15, -0.1) is 0 Å². The Kier molecular flexibility index (Phi) is 7.33. The molecular weight excluding hydrogens is 446 g/mol. The van der Waals surface area contributed by atoms with E-state index in [4.69, 9.17) is 4.74 Å². The first-order valence-electron chi connectivity index (χ1n) is 14.7. The Morgan fingerprint density at radius 3 is 2.72 bits per heavy atom. The topological polar surface area (TPSA) is 58.6 Å². The monoisotopic (exact) mass is 495 g/mol. The van der Waals surface area contributed by atoms with Gasteiger partial charge in [0.15, 0.2) is 0 Å². The van der Waals surface area contributed by atoms with Crippen LogP contribution in [0.3, 0.4) is 0 Å². The van der Waals surface area contributed by atoms with E-state index in [9.17, 15) is 9.90 Å². The minimum absolute atomic E-state index is 0.0146. The standard InChI is InChI=1S/C32H49NO3/c1-30(2,3)21-33-20-22-6-5-7-25(18-22)36-17-16-32-15-13-27-26(28(32)10-11-29(32)35)9-8-23-19-24(34)12-14-31(23,27)4/h5-7,18,23,26-29,33,35H,8-17,19-21H2,1-4H3/t23?,26?,27?,28?,29-,31-,32+/m0/s1. The zero-order valence-electron chi connectivity index (χ0n) is 23.2. The number of aliphatic hydroxyl groups is 1. The number of hydrogen-bond acceptors (Lipinski definition) is 4. The van der Waals surface area contributed by atoms with E-state index in [1.54, 1.807) is 0 Å². The summed E-state index contributed by atoms with van der Waals surface area (Å²) in [5.74, 6) is 4.07. The average Bonchev–Trinajstić information content (AvgIpc) is 3.15. The fourth-order valence-electron chi connectivity index (χ4n) is 8.99. The van der Waals surface area contributed by atoms with E-state index in [0.717, 1.165) is 69.7 Å². The van der Waals surface area contributed by atoms with Crippen LogP contribution in [0.5, 0.6) is 5.75 Å². The quantitative estimate of drug-likeness (QED) is 0.451. The first kappa shape index (κ1) is 26.2.